The van der Waals surface area contributed by atoms with E-state index < -0.39 is 0 Å². The van der Waals surface area contributed by atoms with E-state index in [-0.39, 0.29) is 12.6 Å². The van der Waals surface area contributed by atoms with Gasteiger partial charge in [-0.05, 0) is 0 Å². The molecule has 10 heavy (non-hydrogen) atoms. The highest BCUT2D eigenvalue weighted by molar-refractivity contribution is 6.09. The molecule has 0 bridgehead atoms. The lowest BCUT2D eigenvalue weighted by Crippen LogP contribution is -1.85. The molecule has 0 aliphatic heterocycles. The van der Waals surface area contributed by atoms with Crippen molar-refractivity contribution in [1.29, 1.82) is 0 Å². The van der Waals surface area contributed by atoms with Crippen LogP contribution in [0.4, 0.5) is 0 Å². The zero-order valence-electron chi connectivity index (χ0n) is 6.21. The van der Waals surface area contributed by atoms with E-state index in [1.807, 2.05) is 0 Å². The molecule has 0 saturated heterocycles. The molecule has 0 atom stereocenters. The summed E-state index contributed by atoms with van der Waals surface area (Å²) in [6, 6.07) is 0. The van der Waals surface area contributed by atoms with Crippen LogP contribution in [0.3, 0.4) is 0 Å². The van der Waals surface area contributed by atoms with E-state index in [9.17, 15) is 0 Å². The summed E-state index contributed by atoms with van der Waals surface area (Å²) in [5.41, 5.74) is 0. The second kappa shape index (κ2) is 8.34. The maximum absolute atomic E-state index is 8.81. The van der Waals surface area contributed by atoms with Crippen molar-refractivity contribution in [2.24, 2.45) is 0 Å². The van der Waals surface area contributed by atoms with Crippen molar-refractivity contribution < 1.29 is 9.59 Å². The summed E-state index contributed by atoms with van der Waals surface area (Å²) < 4.78 is 0. The van der Waals surface area contributed by atoms with Crippen molar-refractivity contribution in [2.75, 3.05) is 0 Å². The fourth-order valence-corrected chi connectivity index (χ4v) is 1.06. The number of hydrogen-bond donors (Lipinski definition) is 0. The van der Waals surface area contributed by atoms with Crippen LogP contribution in [0.25, 0.3) is 0 Å². The van der Waals surface area contributed by atoms with E-state index in [2.05, 4.69) is 0 Å². The summed E-state index contributed by atoms with van der Waals surface area (Å²) in [5, 5.41) is 0. The molecule has 1 aliphatic rings. The van der Waals surface area contributed by atoms with Gasteiger partial charge >= 0.3 is 0 Å². The zero-order valence-corrected chi connectivity index (χ0v) is 6.21. The molecule has 0 aromatic rings. The fourth-order valence-electron chi connectivity index (χ4n) is 1.06. The topological polar surface area (TPSA) is 34.1 Å². The van der Waals surface area contributed by atoms with Crippen LogP contribution in [0.2, 0.25) is 0 Å². The predicted molar refractivity (Wildman–Crippen MR) is 39.8 cm³/mol. The largest absolute Gasteiger partial charge is 0.295 e. The highest BCUT2D eigenvalue weighted by Crippen LogP contribution is 2.15. The highest BCUT2D eigenvalue weighted by Gasteiger charge is 1.95. The minimum Gasteiger partial charge on any atom is -0.295 e. The summed E-state index contributed by atoms with van der Waals surface area (Å²) in [6.45, 7) is 0. The van der Waals surface area contributed by atoms with E-state index in [1.165, 1.54) is 38.5 Å². The molecule has 2 nitrogen and oxygen atoms in total. The second-order valence-electron chi connectivity index (χ2n) is 2.39. The maximum Gasteiger partial charge on any atom is 0.182 e. The zero-order chi connectivity index (χ0) is 7.66. The average molecular weight is 142 g/mol. The molecule has 58 valence electrons. The summed E-state index contributed by atoms with van der Waals surface area (Å²) in [4.78, 5) is 17.6. The second-order valence-corrected chi connectivity index (χ2v) is 2.39. The van der Waals surface area contributed by atoms with Gasteiger partial charge in [0.2, 0.25) is 0 Å². The molecule has 0 unspecified atom stereocenters. The van der Waals surface area contributed by atoms with E-state index in [4.69, 9.17) is 9.59 Å². The summed E-state index contributed by atoms with van der Waals surface area (Å²) in [6.07, 6.45) is 9.39. The molecule has 2 heteroatoms. The smallest absolute Gasteiger partial charge is 0.182 e. The van der Waals surface area contributed by atoms with Crippen LogP contribution in [0.15, 0.2) is 0 Å². The average Bonchev–Trinajstić information content (AvgIpc) is 2.08. The van der Waals surface area contributed by atoms with Gasteiger partial charge in [0.1, 0.15) is 0 Å². The number of carbonyl (C=O) groups is 2. The standard InChI is InChI=1S/C6H12.C2H2O2/c1-2-4-6-5-3-1;3-1-2-4/h1-6H2;1-2H. The molecule has 1 rings (SSSR count). The third-order valence-electron chi connectivity index (χ3n) is 1.56. The third kappa shape index (κ3) is 7.34. The van der Waals surface area contributed by atoms with Crippen molar-refractivity contribution in [1.82, 2.24) is 0 Å². The molecule has 0 spiro atoms. The number of aldehydes is 2. The first-order chi connectivity index (χ1) is 4.91. The minimum absolute atomic E-state index is 0.194. The van der Waals surface area contributed by atoms with Crippen LogP contribution in [0.1, 0.15) is 38.5 Å². The Labute approximate surface area is 61.6 Å². The van der Waals surface area contributed by atoms with E-state index in [1.54, 1.807) is 0 Å². The maximum atomic E-state index is 8.81. The van der Waals surface area contributed by atoms with Crippen molar-refractivity contribution in [3.05, 3.63) is 0 Å². The van der Waals surface area contributed by atoms with Gasteiger partial charge in [0.05, 0.1) is 0 Å². The van der Waals surface area contributed by atoms with Gasteiger partial charge < -0.3 is 0 Å². The first-order valence-electron chi connectivity index (χ1n) is 3.80. The Morgan fingerprint density at radius 3 is 0.900 bits per heavy atom. The number of hydrogen-bond acceptors (Lipinski definition) is 2. The Hall–Kier alpha value is -0.660. The van der Waals surface area contributed by atoms with Gasteiger partial charge in [0.15, 0.2) is 12.6 Å². The summed E-state index contributed by atoms with van der Waals surface area (Å²) in [5.74, 6) is 0. The van der Waals surface area contributed by atoms with Crippen molar-refractivity contribution in [3.8, 4) is 0 Å². The summed E-state index contributed by atoms with van der Waals surface area (Å²) >= 11 is 0. The first-order valence-corrected chi connectivity index (χ1v) is 3.80. The molecule has 0 N–H and O–H groups in total. The van der Waals surface area contributed by atoms with Crippen LogP contribution in [0.5, 0.6) is 0 Å². The van der Waals surface area contributed by atoms with E-state index >= 15 is 0 Å². The van der Waals surface area contributed by atoms with Gasteiger partial charge in [-0.1, -0.05) is 38.5 Å². The normalized spacial score (nSPS) is 16.4. The van der Waals surface area contributed by atoms with Crippen LogP contribution in [-0.2, 0) is 9.59 Å². The van der Waals surface area contributed by atoms with Crippen LogP contribution in [-0.4, -0.2) is 12.6 Å². The fraction of sp³-hybridized carbons (Fsp3) is 0.750. The lowest BCUT2D eigenvalue weighted by Gasteiger charge is -2.05. The van der Waals surface area contributed by atoms with Gasteiger partial charge in [0, 0.05) is 0 Å². The Morgan fingerprint density at radius 1 is 0.600 bits per heavy atom. The van der Waals surface area contributed by atoms with Crippen LogP contribution < -0.4 is 0 Å². The molecule has 1 fully saturated rings. The lowest BCUT2D eigenvalue weighted by atomic mass is 10.0. The molecular formula is C8H14O2. The molecule has 0 heterocycles. The predicted octanol–water partition coefficient (Wildman–Crippen LogP) is 1.72. The molecule has 1 saturated carbocycles. The Balaban J connectivity index is 0.000000180. The Kier molecular flexibility index (Phi) is 7.79. The monoisotopic (exact) mass is 142 g/mol. The van der Waals surface area contributed by atoms with Crippen molar-refractivity contribution in [3.63, 3.8) is 0 Å². The van der Waals surface area contributed by atoms with Crippen molar-refractivity contribution >= 4 is 12.6 Å². The molecule has 0 radical (unpaired) electrons. The number of carbonyl (C=O) groups excluding carboxylic acids is 2. The molecular weight excluding hydrogens is 128 g/mol. The molecule has 0 amide bonds. The van der Waals surface area contributed by atoms with Crippen LogP contribution in [0, 0.1) is 0 Å². The molecule has 1 aliphatic carbocycles. The van der Waals surface area contributed by atoms with E-state index in [0.29, 0.717) is 0 Å². The first kappa shape index (κ1) is 9.34. The minimum atomic E-state index is 0.194. The number of rotatable bonds is 1. The SMILES string of the molecule is C1CCCCC1.O=CC=O. The van der Waals surface area contributed by atoms with Gasteiger partial charge in [-0.3, -0.25) is 9.59 Å². The lowest BCUT2D eigenvalue weighted by molar-refractivity contribution is -0.122. The van der Waals surface area contributed by atoms with Gasteiger partial charge in [-0.25, -0.2) is 0 Å². The summed E-state index contributed by atoms with van der Waals surface area (Å²) in [7, 11) is 0. The molecule has 0 aromatic carbocycles. The van der Waals surface area contributed by atoms with Gasteiger partial charge in [0.25, 0.3) is 0 Å². The quantitative estimate of drug-likeness (QED) is 0.412. The van der Waals surface area contributed by atoms with E-state index in [0.717, 1.165) is 0 Å². The highest BCUT2D eigenvalue weighted by atomic mass is 16.2. The van der Waals surface area contributed by atoms with Gasteiger partial charge in [-0.2, -0.15) is 0 Å². The third-order valence-corrected chi connectivity index (χ3v) is 1.56. The van der Waals surface area contributed by atoms with Crippen LogP contribution >= 0.6 is 0 Å². The Bertz CT molecular complexity index is 67.7. The van der Waals surface area contributed by atoms with Crippen molar-refractivity contribution in [2.45, 2.75) is 38.5 Å². The van der Waals surface area contributed by atoms with Gasteiger partial charge in [-0.15, -0.1) is 0 Å². The molecule has 0 aromatic heterocycles. The Morgan fingerprint density at radius 2 is 0.800 bits per heavy atom.